The number of hydrogen-bond acceptors (Lipinski definition) is 4. The predicted octanol–water partition coefficient (Wildman–Crippen LogP) is 3.73. The molecule has 2 amide bonds. The number of amides is 2. The maximum absolute atomic E-state index is 12.7. The van der Waals surface area contributed by atoms with E-state index < -0.39 is 5.54 Å². The van der Waals surface area contributed by atoms with Crippen LogP contribution in [0, 0.1) is 0 Å². The Morgan fingerprint density at radius 2 is 1.64 bits per heavy atom. The van der Waals surface area contributed by atoms with Crippen molar-refractivity contribution in [2.45, 2.75) is 48.6 Å². The molecule has 0 spiro atoms. The number of benzene rings is 1. The van der Waals surface area contributed by atoms with Crippen LogP contribution in [0.1, 0.15) is 59.0 Å². The van der Waals surface area contributed by atoms with E-state index >= 15 is 0 Å². The Bertz CT molecular complexity index is 606. The maximum atomic E-state index is 12.7. The van der Waals surface area contributed by atoms with Gasteiger partial charge in [0, 0.05) is 12.6 Å². The summed E-state index contributed by atoms with van der Waals surface area (Å²) < 4.78 is 0.474. The second-order valence-corrected chi connectivity index (χ2v) is 9.45. The Balaban J connectivity index is 1.70. The summed E-state index contributed by atoms with van der Waals surface area (Å²) in [7, 11) is 1.64. The third kappa shape index (κ3) is 4.34. The lowest BCUT2D eigenvalue weighted by molar-refractivity contribution is -0.128. The first-order valence-corrected chi connectivity index (χ1v) is 11.1. The van der Waals surface area contributed by atoms with Crippen molar-refractivity contribution in [2.24, 2.45) is 0 Å². The molecule has 1 saturated carbocycles. The Labute approximate surface area is 158 Å². The summed E-state index contributed by atoms with van der Waals surface area (Å²) in [5.41, 5.74) is 1.14. The number of rotatable bonds is 4. The molecule has 0 unspecified atom stereocenters. The zero-order valence-corrected chi connectivity index (χ0v) is 16.3. The number of hydrogen-bond donors (Lipinski definition) is 2. The molecule has 4 nitrogen and oxygen atoms in total. The molecule has 1 aromatic carbocycles. The van der Waals surface area contributed by atoms with Crippen molar-refractivity contribution < 1.29 is 9.59 Å². The molecule has 1 saturated heterocycles. The summed E-state index contributed by atoms with van der Waals surface area (Å²) >= 11 is 3.95. The summed E-state index contributed by atoms with van der Waals surface area (Å²) in [6.07, 6.45) is 5.77. The Morgan fingerprint density at radius 1 is 1.00 bits per heavy atom. The van der Waals surface area contributed by atoms with Gasteiger partial charge in [0.05, 0.1) is 4.58 Å². The largest absolute Gasteiger partial charge is 0.357 e. The topological polar surface area (TPSA) is 58.2 Å². The van der Waals surface area contributed by atoms with E-state index in [4.69, 9.17) is 0 Å². The van der Waals surface area contributed by atoms with Gasteiger partial charge in [-0.1, -0.05) is 31.4 Å². The molecule has 25 heavy (non-hydrogen) atoms. The minimum atomic E-state index is -0.752. The fourth-order valence-electron chi connectivity index (χ4n) is 3.56. The zero-order chi connectivity index (χ0) is 17.7. The monoisotopic (exact) mass is 378 g/mol. The lowest BCUT2D eigenvalue weighted by atomic mass is 9.80. The van der Waals surface area contributed by atoms with E-state index in [0.29, 0.717) is 23.0 Å². The molecule has 0 radical (unpaired) electrons. The van der Waals surface area contributed by atoms with Gasteiger partial charge in [-0.05, 0) is 48.5 Å². The SMILES string of the molecule is CNC(=O)C1(NC(=O)c2ccc(C3SCCCS3)cc2)CCCCC1. The van der Waals surface area contributed by atoms with Gasteiger partial charge in [-0.2, -0.15) is 0 Å². The number of carbonyl (C=O) groups excluding carboxylic acids is 2. The van der Waals surface area contributed by atoms with Gasteiger partial charge in [0.25, 0.3) is 5.91 Å². The molecule has 6 heteroatoms. The van der Waals surface area contributed by atoms with Crippen molar-refractivity contribution in [1.29, 1.82) is 0 Å². The Kier molecular flexibility index (Phi) is 6.34. The van der Waals surface area contributed by atoms with Crippen LogP contribution in [0.3, 0.4) is 0 Å². The lowest BCUT2D eigenvalue weighted by Crippen LogP contribution is -2.59. The van der Waals surface area contributed by atoms with Crippen molar-refractivity contribution in [3.05, 3.63) is 35.4 Å². The first kappa shape index (κ1) is 18.6. The molecule has 2 fully saturated rings. The third-order valence-corrected chi connectivity index (χ3v) is 8.01. The van der Waals surface area contributed by atoms with Gasteiger partial charge >= 0.3 is 0 Å². The molecule has 1 aliphatic carbocycles. The molecule has 2 aliphatic rings. The highest BCUT2D eigenvalue weighted by molar-refractivity contribution is 8.16. The van der Waals surface area contributed by atoms with E-state index in [0.717, 1.165) is 19.3 Å². The van der Waals surface area contributed by atoms with Gasteiger partial charge in [0.1, 0.15) is 5.54 Å². The van der Waals surface area contributed by atoms with Gasteiger partial charge in [-0.25, -0.2) is 0 Å². The van der Waals surface area contributed by atoms with Gasteiger partial charge in [-0.3, -0.25) is 9.59 Å². The average molecular weight is 379 g/mol. The van der Waals surface area contributed by atoms with E-state index in [2.05, 4.69) is 22.8 Å². The Hall–Kier alpha value is -1.14. The smallest absolute Gasteiger partial charge is 0.252 e. The minimum absolute atomic E-state index is 0.0767. The highest BCUT2D eigenvalue weighted by atomic mass is 32.2. The van der Waals surface area contributed by atoms with Crippen LogP contribution in [0.15, 0.2) is 24.3 Å². The molecule has 3 rings (SSSR count). The van der Waals surface area contributed by atoms with Gasteiger partial charge in [-0.15, -0.1) is 23.5 Å². The van der Waals surface area contributed by atoms with E-state index in [1.54, 1.807) is 7.05 Å². The standard InChI is InChI=1S/C19H26N2O2S2/c1-20-18(23)19(10-3-2-4-11-19)21-16(22)14-6-8-15(9-7-14)17-24-12-5-13-25-17/h6-9,17H,2-5,10-13H2,1H3,(H,20,23)(H,21,22). The number of carbonyl (C=O) groups is 2. The van der Waals surface area contributed by atoms with Gasteiger partial charge < -0.3 is 10.6 Å². The molecule has 0 aromatic heterocycles. The summed E-state index contributed by atoms with van der Waals surface area (Å²) in [5, 5.41) is 5.76. The second-order valence-electron chi connectivity index (χ2n) is 6.73. The van der Waals surface area contributed by atoms with Crippen molar-refractivity contribution in [2.75, 3.05) is 18.6 Å². The van der Waals surface area contributed by atoms with Crippen molar-refractivity contribution in [3.8, 4) is 0 Å². The van der Waals surface area contributed by atoms with Gasteiger partial charge in [0.15, 0.2) is 0 Å². The fourth-order valence-corrected chi connectivity index (χ4v) is 6.46. The molecule has 136 valence electrons. The van der Waals surface area contributed by atoms with Crippen LogP contribution in [-0.2, 0) is 4.79 Å². The van der Waals surface area contributed by atoms with Crippen LogP contribution in [0.2, 0.25) is 0 Å². The van der Waals surface area contributed by atoms with Crippen LogP contribution in [0.4, 0.5) is 0 Å². The van der Waals surface area contributed by atoms with Gasteiger partial charge in [0.2, 0.25) is 5.91 Å². The molecule has 1 heterocycles. The van der Waals surface area contributed by atoms with Crippen LogP contribution in [0.5, 0.6) is 0 Å². The number of likely N-dealkylation sites (N-methyl/N-ethyl adjacent to an activating group) is 1. The minimum Gasteiger partial charge on any atom is -0.357 e. The molecule has 0 atom stereocenters. The highest BCUT2D eigenvalue weighted by Gasteiger charge is 2.40. The summed E-state index contributed by atoms with van der Waals surface area (Å²) in [4.78, 5) is 25.1. The van der Waals surface area contributed by atoms with Crippen molar-refractivity contribution in [1.82, 2.24) is 10.6 Å². The zero-order valence-electron chi connectivity index (χ0n) is 14.7. The van der Waals surface area contributed by atoms with E-state index in [-0.39, 0.29) is 11.8 Å². The summed E-state index contributed by atoms with van der Waals surface area (Å²) in [6.45, 7) is 0. The van der Waals surface area contributed by atoms with Crippen LogP contribution < -0.4 is 10.6 Å². The first-order chi connectivity index (χ1) is 12.1. The molecule has 1 aromatic rings. The summed E-state index contributed by atoms with van der Waals surface area (Å²) in [6, 6.07) is 7.89. The fraction of sp³-hybridized carbons (Fsp3) is 0.579. The number of nitrogens with one attached hydrogen (secondary N) is 2. The van der Waals surface area contributed by atoms with Crippen LogP contribution >= 0.6 is 23.5 Å². The number of thioether (sulfide) groups is 2. The van der Waals surface area contributed by atoms with Crippen LogP contribution in [-0.4, -0.2) is 35.9 Å². The highest BCUT2D eigenvalue weighted by Crippen LogP contribution is 2.43. The third-order valence-electron chi connectivity index (χ3n) is 4.99. The predicted molar refractivity (Wildman–Crippen MR) is 106 cm³/mol. The van der Waals surface area contributed by atoms with Crippen molar-refractivity contribution >= 4 is 35.3 Å². The molecule has 0 bridgehead atoms. The molecule has 1 aliphatic heterocycles. The quantitative estimate of drug-likeness (QED) is 0.838. The average Bonchev–Trinajstić information content (AvgIpc) is 2.68. The lowest BCUT2D eigenvalue weighted by Gasteiger charge is -2.36. The van der Waals surface area contributed by atoms with Crippen molar-refractivity contribution in [3.63, 3.8) is 0 Å². The van der Waals surface area contributed by atoms with E-state index in [1.165, 1.54) is 23.5 Å². The molecular formula is C19H26N2O2S2. The molecular weight excluding hydrogens is 352 g/mol. The Morgan fingerprint density at radius 3 is 2.24 bits per heavy atom. The van der Waals surface area contributed by atoms with Crippen LogP contribution in [0.25, 0.3) is 0 Å². The summed E-state index contributed by atoms with van der Waals surface area (Å²) in [5.74, 6) is 2.18. The van der Waals surface area contributed by atoms with E-state index in [1.807, 2.05) is 35.7 Å². The normalized spacial score (nSPS) is 20.7. The molecule has 2 N–H and O–H groups in total. The maximum Gasteiger partial charge on any atom is 0.252 e. The van der Waals surface area contributed by atoms with E-state index in [9.17, 15) is 9.59 Å². The first-order valence-electron chi connectivity index (χ1n) is 9.02. The second kappa shape index (κ2) is 8.49.